The number of aromatic nitrogens is 3. The molecular formula is C25H15N3. The molecule has 3 heterocycles. The van der Waals surface area contributed by atoms with Crippen molar-refractivity contribution in [3.63, 3.8) is 0 Å². The predicted molar refractivity (Wildman–Crippen MR) is 114 cm³/mol. The van der Waals surface area contributed by atoms with Gasteiger partial charge < -0.3 is 0 Å². The van der Waals surface area contributed by atoms with Crippen molar-refractivity contribution in [1.29, 1.82) is 0 Å². The van der Waals surface area contributed by atoms with Crippen LogP contribution in [0.25, 0.3) is 49.5 Å². The van der Waals surface area contributed by atoms with E-state index in [0.717, 1.165) is 23.1 Å². The average Bonchev–Trinajstić information content (AvgIpc) is 3.31. The Morgan fingerprint density at radius 1 is 0.714 bits per heavy atom. The van der Waals surface area contributed by atoms with E-state index in [1.807, 2.05) is 12.4 Å². The number of benzene rings is 3. The molecule has 0 aliphatic heterocycles. The van der Waals surface area contributed by atoms with Gasteiger partial charge in [-0.2, -0.15) is 0 Å². The van der Waals surface area contributed by atoms with Gasteiger partial charge in [-0.3, -0.25) is 9.38 Å². The molecule has 0 radical (unpaired) electrons. The van der Waals surface area contributed by atoms with Gasteiger partial charge in [-0.25, -0.2) is 4.98 Å². The Hall–Kier alpha value is -3.72. The fraction of sp³-hybridized carbons (Fsp3) is 0.0400. The summed E-state index contributed by atoms with van der Waals surface area (Å²) in [6.45, 7) is 0. The molecule has 0 atom stereocenters. The second-order valence-electron chi connectivity index (χ2n) is 7.54. The number of hydrogen-bond acceptors (Lipinski definition) is 2. The van der Waals surface area contributed by atoms with Crippen molar-refractivity contribution >= 4 is 38.4 Å². The zero-order valence-electron chi connectivity index (χ0n) is 15.1. The Morgan fingerprint density at radius 3 is 2.61 bits per heavy atom. The minimum Gasteiger partial charge on any atom is -0.292 e. The molecule has 0 fully saturated rings. The van der Waals surface area contributed by atoms with Gasteiger partial charge in [0.25, 0.3) is 0 Å². The molecule has 0 bridgehead atoms. The summed E-state index contributed by atoms with van der Waals surface area (Å²) in [5.74, 6) is 0. The molecule has 3 aromatic heterocycles. The van der Waals surface area contributed by atoms with E-state index in [9.17, 15) is 0 Å². The maximum Gasteiger partial charge on any atom is 0.146 e. The first-order valence-electron chi connectivity index (χ1n) is 9.56. The van der Waals surface area contributed by atoms with Crippen molar-refractivity contribution < 1.29 is 0 Å². The molecule has 1 aliphatic carbocycles. The second kappa shape index (κ2) is 4.96. The third-order valence-electron chi connectivity index (χ3n) is 6.06. The second-order valence-corrected chi connectivity index (χ2v) is 7.54. The monoisotopic (exact) mass is 357 g/mol. The fourth-order valence-corrected chi connectivity index (χ4v) is 4.84. The smallest absolute Gasteiger partial charge is 0.146 e. The molecule has 1 aliphatic rings. The van der Waals surface area contributed by atoms with Gasteiger partial charge >= 0.3 is 0 Å². The number of pyridine rings is 2. The molecule has 3 heteroatoms. The Bertz CT molecular complexity index is 1590. The zero-order chi connectivity index (χ0) is 18.2. The van der Waals surface area contributed by atoms with Gasteiger partial charge in [0.05, 0.1) is 17.2 Å². The summed E-state index contributed by atoms with van der Waals surface area (Å²) in [4.78, 5) is 9.26. The lowest BCUT2D eigenvalue weighted by atomic mass is 9.98. The Kier molecular flexibility index (Phi) is 2.54. The maximum atomic E-state index is 4.98. The van der Waals surface area contributed by atoms with Crippen LogP contribution in [0.1, 0.15) is 11.1 Å². The molecule has 130 valence electrons. The van der Waals surface area contributed by atoms with Crippen LogP contribution in [0.4, 0.5) is 0 Å². The molecule has 6 aromatic rings. The summed E-state index contributed by atoms with van der Waals surface area (Å²) >= 11 is 0. The van der Waals surface area contributed by atoms with Gasteiger partial charge in [-0.15, -0.1) is 0 Å². The number of fused-ring (bicyclic) bond motifs is 11. The fourth-order valence-electron chi connectivity index (χ4n) is 4.84. The van der Waals surface area contributed by atoms with E-state index >= 15 is 0 Å². The zero-order valence-corrected chi connectivity index (χ0v) is 15.1. The van der Waals surface area contributed by atoms with Crippen molar-refractivity contribution in [3.05, 3.63) is 90.3 Å². The van der Waals surface area contributed by atoms with E-state index in [-0.39, 0.29) is 0 Å². The molecule has 28 heavy (non-hydrogen) atoms. The first-order chi connectivity index (χ1) is 13.9. The largest absolute Gasteiger partial charge is 0.292 e. The van der Waals surface area contributed by atoms with Crippen LogP contribution in [0.5, 0.6) is 0 Å². The highest BCUT2D eigenvalue weighted by molar-refractivity contribution is 6.15. The van der Waals surface area contributed by atoms with Crippen molar-refractivity contribution in [2.24, 2.45) is 0 Å². The Morgan fingerprint density at radius 2 is 1.61 bits per heavy atom. The summed E-state index contributed by atoms with van der Waals surface area (Å²) < 4.78 is 2.28. The van der Waals surface area contributed by atoms with Gasteiger partial charge in [-0.05, 0) is 58.3 Å². The van der Waals surface area contributed by atoms with E-state index in [4.69, 9.17) is 4.98 Å². The Labute approximate surface area is 160 Å². The number of nitrogens with zero attached hydrogens (tertiary/aromatic N) is 3. The molecule has 0 amide bonds. The molecule has 0 saturated carbocycles. The lowest BCUT2D eigenvalue weighted by molar-refractivity contribution is 1.27. The van der Waals surface area contributed by atoms with Crippen LogP contribution in [0.2, 0.25) is 0 Å². The quantitative estimate of drug-likeness (QED) is 0.323. The highest BCUT2D eigenvalue weighted by atomic mass is 15.0. The highest BCUT2D eigenvalue weighted by Gasteiger charge is 2.21. The number of rotatable bonds is 0. The summed E-state index contributed by atoms with van der Waals surface area (Å²) in [7, 11) is 0. The lowest BCUT2D eigenvalue weighted by Gasteiger charge is -2.11. The van der Waals surface area contributed by atoms with Gasteiger partial charge in [0.15, 0.2) is 0 Å². The van der Waals surface area contributed by atoms with Gasteiger partial charge in [0, 0.05) is 17.0 Å². The van der Waals surface area contributed by atoms with E-state index in [0.29, 0.717) is 0 Å². The minimum atomic E-state index is 0.932. The lowest BCUT2D eigenvalue weighted by Crippen LogP contribution is -1.92. The average molecular weight is 357 g/mol. The number of hydrogen-bond donors (Lipinski definition) is 0. The van der Waals surface area contributed by atoms with Gasteiger partial charge in [0.1, 0.15) is 11.2 Å². The topological polar surface area (TPSA) is 30.2 Å². The van der Waals surface area contributed by atoms with Crippen molar-refractivity contribution in [2.45, 2.75) is 6.42 Å². The Balaban J connectivity index is 1.75. The highest BCUT2D eigenvalue weighted by Crippen LogP contribution is 2.41. The predicted octanol–water partition coefficient (Wildman–Crippen LogP) is 5.76. The molecule has 0 N–H and O–H groups in total. The molecule has 3 nitrogen and oxygen atoms in total. The van der Waals surface area contributed by atoms with Crippen LogP contribution < -0.4 is 0 Å². The molecule has 0 unspecified atom stereocenters. The van der Waals surface area contributed by atoms with Crippen LogP contribution in [0, 0.1) is 0 Å². The van der Waals surface area contributed by atoms with Crippen LogP contribution in [0.3, 0.4) is 0 Å². The molecular weight excluding hydrogens is 342 g/mol. The first-order valence-corrected chi connectivity index (χ1v) is 9.56. The van der Waals surface area contributed by atoms with E-state index in [1.165, 1.54) is 43.9 Å². The summed E-state index contributed by atoms with van der Waals surface area (Å²) in [6, 6.07) is 24.1. The number of imidazole rings is 1. The van der Waals surface area contributed by atoms with Crippen molar-refractivity contribution in [3.8, 4) is 11.1 Å². The van der Waals surface area contributed by atoms with Gasteiger partial charge in [0.2, 0.25) is 0 Å². The molecule has 7 rings (SSSR count). The van der Waals surface area contributed by atoms with Crippen molar-refractivity contribution in [2.75, 3.05) is 0 Å². The first kappa shape index (κ1) is 14.4. The third-order valence-corrected chi connectivity index (χ3v) is 6.06. The SMILES string of the molecule is c1ccc2c(c1)Cc1cc3c4ccccc4n4c5ccncc5nc4c3cc1-2. The molecule has 0 spiro atoms. The van der Waals surface area contributed by atoms with Crippen LogP contribution in [0.15, 0.2) is 79.1 Å². The normalized spacial score (nSPS) is 12.9. The van der Waals surface area contributed by atoms with Crippen LogP contribution in [-0.4, -0.2) is 14.4 Å². The third kappa shape index (κ3) is 1.69. The minimum absolute atomic E-state index is 0.932. The molecule has 0 saturated heterocycles. The molecule has 3 aromatic carbocycles. The van der Waals surface area contributed by atoms with E-state index in [2.05, 4.69) is 76.1 Å². The van der Waals surface area contributed by atoms with Gasteiger partial charge in [-0.1, -0.05) is 42.5 Å². The van der Waals surface area contributed by atoms with E-state index in [1.54, 1.807) is 0 Å². The van der Waals surface area contributed by atoms with Crippen LogP contribution >= 0.6 is 0 Å². The summed E-state index contributed by atoms with van der Waals surface area (Å²) in [5.41, 5.74) is 9.73. The summed E-state index contributed by atoms with van der Waals surface area (Å²) in [6.07, 6.45) is 4.70. The number of para-hydroxylation sites is 1. The van der Waals surface area contributed by atoms with Crippen molar-refractivity contribution in [1.82, 2.24) is 14.4 Å². The van der Waals surface area contributed by atoms with Crippen LogP contribution in [-0.2, 0) is 6.42 Å². The van der Waals surface area contributed by atoms with E-state index < -0.39 is 0 Å². The standard InChI is InChI=1S/C25H15N3/c1-2-6-17-15(5-1)11-16-12-20-18-7-3-4-8-23(18)28-24-9-10-26-14-22(24)27-25(28)21(20)13-19(16)17/h1-10,12-14H,11H2. The maximum absolute atomic E-state index is 4.98. The summed E-state index contributed by atoms with van der Waals surface area (Å²) in [5, 5.41) is 3.74.